The summed E-state index contributed by atoms with van der Waals surface area (Å²) >= 11 is 1.46. The second kappa shape index (κ2) is 7.52. The molecule has 7 heteroatoms. The highest BCUT2D eigenvalue weighted by Gasteiger charge is 2.28. The van der Waals surface area contributed by atoms with Gasteiger partial charge in [0, 0.05) is 30.4 Å². The first-order chi connectivity index (χ1) is 13.2. The van der Waals surface area contributed by atoms with E-state index < -0.39 is 0 Å². The van der Waals surface area contributed by atoms with Crippen LogP contribution in [0.25, 0.3) is 11.6 Å². The van der Waals surface area contributed by atoms with Gasteiger partial charge in [-0.15, -0.1) is 0 Å². The minimum absolute atomic E-state index is 0.0350. The summed E-state index contributed by atoms with van der Waals surface area (Å²) in [4.78, 5) is 23.5. The van der Waals surface area contributed by atoms with Gasteiger partial charge in [-0.3, -0.25) is 9.79 Å². The van der Waals surface area contributed by atoms with Gasteiger partial charge in [0.1, 0.15) is 0 Å². The molecule has 3 heterocycles. The number of piperidine rings is 1. The van der Waals surface area contributed by atoms with Crippen LogP contribution in [-0.4, -0.2) is 42.0 Å². The maximum atomic E-state index is 11.9. The number of para-hydroxylation sites is 1. The van der Waals surface area contributed by atoms with Crippen molar-refractivity contribution in [1.29, 1.82) is 0 Å². The molecule has 0 amide bonds. The Morgan fingerprint density at radius 1 is 1.37 bits per heavy atom. The summed E-state index contributed by atoms with van der Waals surface area (Å²) < 4.78 is 5.12. The van der Waals surface area contributed by atoms with Gasteiger partial charge < -0.3 is 14.7 Å². The fourth-order valence-electron chi connectivity index (χ4n) is 3.40. The van der Waals surface area contributed by atoms with Crippen LogP contribution in [0.2, 0.25) is 0 Å². The number of benzene rings is 1. The van der Waals surface area contributed by atoms with Crippen molar-refractivity contribution in [3.05, 3.63) is 34.7 Å². The molecular formula is C20H21N3O3S. The zero-order chi connectivity index (χ0) is 18.8. The molecule has 0 spiro atoms. The molecule has 1 aromatic carbocycles. The molecule has 0 unspecified atom stereocenters. The Labute approximate surface area is 161 Å². The predicted octanol–water partition coefficient (Wildman–Crippen LogP) is 3.88. The highest BCUT2D eigenvalue weighted by molar-refractivity contribution is 7.16. The highest BCUT2D eigenvalue weighted by atomic mass is 32.1. The summed E-state index contributed by atoms with van der Waals surface area (Å²) in [6.07, 6.45) is 5.23. The Balaban J connectivity index is 1.48. The first-order valence-electron chi connectivity index (χ1n) is 9.12. The first kappa shape index (κ1) is 17.7. The molecule has 0 bridgehead atoms. The summed E-state index contributed by atoms with van der Waals surface area (Å²) in [5, 5.41) is 11.1. The van der Waals surface area contributed by atoms with E-state index in [4.69, 9.17) is 4.74 Å². The van der Waals surface area contributed by atoms with Crippen LogP contribution in [0, 0.1) is 5.92 Å². The summed E-state index contributed by atoms with van der Waals surface area (Å²) in [5.41, 5.74) is 2.97. The van der Waals surface area contributed by atoms with Crippen molar-refractivity contribution in [3.63, 3.8) is 0 Å². The van der Waals surface area contributed by atoms with Crippen LogP contribution in [0.4, 0.5) is 10.8 Å². The zero-order valence-electron chi connectivity index (χ0n) is 15.1. The molecule has 1 N–H and O–H groups in total. The number of anilines is 1. The Hall–Kier alpha value is -2.67. The number of carbonyl (C=O) groups is 1. The van der Waals surface area contributed by atoms with Crippen LogP contribution in [-0.2, 0) is 9.53 Å². The van der Waals surface area contributed by atoms with Gasteiger partial charge >= 0.3 is 5.97 Å². The van der Waals surface area contributed by atoms with Gasteiger partial charge in [0.05, 0.1) is 23.1 Å². The first-order valence-corrected chi connectivity index (χ1v) is 9.94. The van der Waals surface area contributed by atoms with Crippen LogP contribution >= 0.6 is 11.3 Å². The summed E-state index contributed by atoms with van der Waals surface area (Å²) in [5.74, 6) is -0.112. The van der Waals surface area contributed by atoms with Gasteiger partial charge in [0.15, 0.2) is 5.13 Å². The summed E-state index contributed by atoms with van der Waals surface area (Å²) in [7, 11) is 0. The number of hydrogen-bond donors (Lipinski definition) is 1. The number of rotatable bonds is 4. The minimum Gasteiger partial charge on any atom is -0.492 e. The van der Waals surface area contributed by atoms with Crippen molar-refractivity contribution in [1.82, 2.24) is 4.98 Å². The number of ether oxygens (including phenoxy) is 1. The number of thiazole rings is 1. The lowest BCUT2D eigenvalue weighted by Crippen LogP contribution is -2.36. The van der Waals surface area contributed by atoms with E-state index in [1.165, 1.54) is 11.3 Å². The van der Waals surface area contributed by atoms with Crippen LogP contribution in [0.15, 0.2) is 29.3 Å². The number of allylic oxidation sites excluding steroid dienone is 1. The SMILES string of the molecule is CCOC(=O)C1CCN(c2nc(O)c(/C=C3\C=Nc4ccccc43)s2)CC1. The number of aromatic hydroxyl groups is 1. The molecule has 0 saturated carbocycles. The van der Waals surface area contributed by atoms with Gasteiger partial charge in [0.2, 0.25) is 5.88 Å². The summed E-state index contributed by atoms with van der Waals surface area (Å²) in [6, 6.07) is 7.93. The smallest absolute Gasteiger partial charge is 0.309 e. The molecule has 27 heavy (non-hydrogen) atoms. The second-order valence-corrected chi connectivity index (χ2v) is 7.58. The Morgan fingerprint density at radius 2 is 2.15 bits per heavy atom. The van der Waals surface area contributed by atoms with E-state index in [1.54, 1.807) is 0 Å². The van der Waals surface area contributed by atoms with Crippen molar-refractivity contribution in [2.24, 2.45) is 10.9 Å². The average Bonchev–Trinajstić information content (AvgIpc) is 3.26. The molecule has 1 saturated heterocycles. The molecular weight excluding hydrogens is 362 g/mol. The number of aromatic nitrogens is 1. The van der Waals surface area contributed by atoms with E-state index in [1.807, 2.05) is 43.5 Å². The lowest BCUT2D eigenvalue weighted by atomic mass is 9.97. The lowest BCUT2D eigenvalue weighted by Gasteiger charge is -2.30. The molecule has 1 fully saturated rings. The lowest BCUT2D eigenvalue weighted by molar-refractivity contribution is -0.148. The molecule has 140 valence electrons. The topological polar surface area (TPSA) is 75.0 Å². The van der Waals surface area contributed by atoms with E-state index in [2.05, 4.69) is 14.9 Å². The highest BCUT2D eigenvalue weighted by Crippen LogP contribution is 2.38. The van der Waals surface area contributed by atoms with Gasteiger partial charge in [-0.25, -0.2) is 0 Å². The molecule has 0 atom stereocenters. The molecule has 2 aliphatic heterocycles. The number of fused-ring (bicyclic) bond motifs is 1. The third kappa shape index (κ3) is 3.60. The molecule has 6 nitrogen and oxygen atoms in total. The minimum atomic E-state index is -0.108. The number of esters is 1. The molecule has 4 rings (SSSR count). The van der Waals surface area contributed by atoms with Crippen molar-refractivity contribution in [3.8, 4) is 5.88 Å². The fraction of sp³-hybridized carbons (Fsp3) is 0.350. The van der Waals surface area contributed by atoms with Crippen LogP contribution < -0.4 is 4.90 Å². The van der Waals surface area contributed by atoms with Crippen LogP contribution in [0.3, 0.4) is 0 Å². The molecule has 1 aromatic heterocycles. The van der Waals surface area contributed by atoms with Gasteiger partial charge in [-0.2, -0.15) is 4.98 Å². The van der Waals surface area contributed by atoms with Crippen molar-refractivity contribution in [2.45, 2.75) is 19.8 Å². The fourth-order valence-corrected chi connectivity index (χ4v) is 4.37. The van der Waals surface area contributed by atoms with Crippen molar-refractivity contribution < 1.29 is 14.6 Å². The molecule has 0 radical (unpaired) electrons. The molecule has 0 aliphatic carbocycles. The van der Waals surface area contributed by atoms with Crippen molar-refractivity contribution >= 4 is 46.0 Å². The zero-order valence-corrected chi connectivity index (χ0v) is 15.9. The van der Waals surface area contributed by atoms with E-state index in [0.717, 1.165) is 52.8 Å². The normalized spacial score (nSPS) is 18.1. The standard InChI is InChI=1S/C20H21N3O3S/c1-2-26-19(25)13-7-9-23(10-8-13)20-22-18(24)17(27-20)11-14-12-21-16-6-4-3-5-15(14)16/h3-6,11-13,24H,2,7-10H2,1H3/b14-11+. The monoisotopic (exact) mass is 383 g/mol. The maximum Gasteiger partial charge on any atom is 0.309 e. The number of hydrogen-bond acceptors (Lipinski definition) is 7. The second-order valence-electron chi connectivity index (χ2n) is 6.57. The van der Waals surface area contributed by atoms with Crippen LogP contribution in [0.1, 0.15) is 30.2 Å². The Kier molecular flexibility index (Phi) is 4.94. The van der Waals surface area contributed by atoms with E-state index in [-0.39, 0.29) is 17.8 Å². The Bertz CT molecular complexity index is 911. The largest absolute Gasteiger partial charge is 0.492 e. The molecule has 2 aliphatic rings. The van der Waals surface area contributed by atoms with Crippen molar-refractivity contribution in [2.75, 3.05) is 24.6 Å². The average molecular weight is 383 g/mol. The third-order valence-corrected chi connectivity index (χ3v) is 5.91. The predicted molar refractivity (Wildman–Crippen MR) is 108 cm³/mol. The van der Waals surface area contributed by atoms with Crippen LogP contribution in [0.5, 0.6) is 5.88 Å². The van der Waals surface area contributed by atoms with E-state index in [9.17, 15) is 9.90 Å². The van der Waals surface area contributed by atoms with Gasteiger partial charge in [-0.05, 0) is 31.9 Å². The van der Waals surface area contributed by atoms with Gasteiger partial charge in [-0.1, -0.05) is 29.5 Å². The van der Waals surface area contributed by atoms with Gasteiger partial charge in [0.25, 0.3) is 0 Å². The third-order valence-electron chi connectivity index (χ3n) is 4.85. The van der Waals surface area contributed by atoms with E-state index in [0.29, 0.717) is 6.61 Å². The summed E-state index contributed by atoms with van der Waals surface area (Å²) in [6.45, 7) is 3.71. The molecule has 2 aromatic rings. The Morgan fingerprint density at radius 3 is 2.93 bits per heavy atom. The number of aliphatic imine (C=N–C) groups is 1. The maximum absolute atomic E-state index is 11.9. The number of carbonyl (C=O) groups excluding carboxylic acids is 1. The number of nitrogens with zero attached hydrogens (tertiary/aromatic N) is 3. The van der Waals surface area contributed by atoms with E-state index >= 15 is 0 Å². The quantitative estimate of drug-likeness (QED) is 0.811.